The summed E-state index contributed by atoms with van der Waals surface area (Å²) in [4.78, 5) is 15.2. The molecule has 0 spiro atoms. The summed E-state index contributed by atoms with van der Waals surface area (Å²) in [7, 11) is -3.72. The van der Waals surface area contributed by atoms with Crippen LogP contribution in [0.5, 0.6) is 5.75 Å². The predicted octanol–water partition coefficient (Wildman–Crippen LogP) is 2.85. The smallest absolute Gasteiger partial charge is 0.265 e. The van der Waals surface area contributed by atoms with Gasteiger partial charge in [-0.05, 0) is 62.2 Å². The summed E-state index contributed by atoms with van der Waals surface area (Å²) in [5, 5.41) is 2.85. The van der Waals surface area contributed by atoms with Gasteiger partial charge in [0.05, 0.1) is 29.5 Å². The number of hydrogen-bond acceptors (Lipinski definition) is 6. The second kappa shape index (κ2) is 10.1. The maximum absolute atomic E-state index is 13.1. The number of hydrogen-bond donors (Lipinski definition) is 1. The number of carbonyl (C=O) groups is 1. The quantitative estimate of drug-likeness (QED) is 0.660. The number of anilines is 2. The second-order valence-electron chi connectivity index (χ2n) is 8.09. The lowest BCUT2D eigenvalue weighted by molar-refractivity contribution is -0.122. The van der Waals surface area contributed by atoms with Crippen LogP contribution in [-0.2, 0) is 19.6 Å². The molecular formula is C23H28FN3O5S. The van der Waals surface area contributed by atoms with Crippen LogP contribution in [0.25, 0.3) is 0 Å². The summed E-state index contributed by atoms with van der Waals surface area (Å²) in [6.07, 6.45) is 1.19. The number of nitrogens with one attached hydrogen (secondary N) is 1. The molecule has 2 fully saturated rings. The van der Waals surface area contributed by atoms with Gasteiger partial charge >= 0.3 is 0 Å². The fourth-order valence-corrected chi connectivity index (χ4v) is 5.39. The van der Waals surface area contributed by atoms with Crippen LogP contribution in [0.1, 0.15) is 19.8 Å². The van der Waals surface area contributed by atoms with Gasteiger partial charge in [-0.15, -0.1) is 0 Å². The van der Waals surface area contributed by atoms with E-state index >= 15 is 0 Å². The van der Waals surface area contributed by atoms with Crippen LogP contribution in [-0.4, -0.2) is 64.1 Å². The third-order valence-electron chi connectivity index (χ3n) is 5.78. The molecule has 2 aromatic rings. The Morgan fingerprint density at radius 2 is 1.73 bits per heavy atom. The molecule has 2 saturated heterocycles. The van der Waals surface area contributed by atoms with Gasteiger partial charge in [-0.3, -0.25) is 4.79 Å². The van der Waals surface area contributed by atoms with E-state index in [0.29, 0.717) is 37.7 Å². The van der Waals surface area contributed by atoms with Crippen LogP contribution in [0.15, 0.2) is 47.4 Å². The van der Waals surface area contributed by atoms with Gasteiger partial charge in [-0.25, -0.2) is 12.8 Å². The van der Waals surface area contributed by atoms with Crippen molar-refractivity contribution in [2.24, 2.45) is 0 Å². The molecule has 0 bridgehead atoms. The van der Waals surface area contributed by atoms with Crippen LogP contribution in [0.2, 0.25) is 0 Å². The Morgan fingerprint density at radius 3 is 2.39 bits per heavy atom. The van der Waals surface area contributed by atoms with Crippen molar-refractivity contribution in [3.63, 3.8) is 0 Å². The molecule has 178 valence electrons. The zero-order valence-electron chi connectivity index (χ0n) is 18.5. The first-order chi connectivity index (χ1) is 15.8. The van der Waals surface area contributed by atoms with E-state index in [1.807, 2.05) is 0 Å². The summed E-state index contributed by atoms with van der Waals surface area (Å²) >= 11 is 0. The van der Waals surface area contributed by atoms with Crippen molar-refractivity contribution < 1.29 is 27.1 Å². The number of ether oxygens (including phenoxy) is 2. The number of morpholine rings is 1. The Labute approximate surface area is 193 Å². The van der Waals surface area contributed by atoms with Gasteiger partial charge in [0, 0.05) is 26.2 Å². The van der Waals surface area contributed by atoms with Gasteiger partial charge in [0.15, 0.2) is 6.10 Å². The largest absolute Gasteiger partial charge is 0.481 e. The summed E-state index contributed by atoms with van der Waals surface area (Å²) in [5.74, 6) is -0.462. The van der Waals surface area contributed by atoms with Crippen LogP contribution in [0.3, 0.4) is 0 Å². The lowest BCUT2D eigenvalue weighted by Crippen LogP contribution is -2.40. The number of sulfonamides is 1. The van der Waals surface area contributed by atoms with Gasteiger partial charge in [0.25, 0.3) is 5.91 Å². The highest BCUT2D eigenvalue weighted by Gasteiger charge is 2.28. The molecule has 8 nitrogen and oxygen atoms in total. The van der Waals surface area contributed by atoms with Crippen molar-refractivity contribution in [2.75, 3.05) is 49.6 Å². The topological polar surface area (TPSA) is 88.2 Å². The van der Waals surface area contributed by atoms with E-state index in [-0.39, 0.29) is 4.90 Å². The van der Waals surface area contributed by atoms with Crippen molar-refractivity contribution in [1.29, 1.82) is 0 Å². The third-order valence-corrected chi connectivity index (χ3v) is 7.67. The molecule has 0 radical (unpaired) electrons. The fourth-order valence-electron chi connectivity index (χ4n) is 3.95. The van der Waals surface area contributed by atoms with Gasteiger partial charge in [-0.1, -0.05) is 0 Å². The zero-order valence-corrected chi connectivity index (χ0v) is 19.3. The van der Waals surface area contributed by atoms with Gasteiger partial charge in [0.1, 0.15) is 11.6 Å². The molecule has 10 heteroatoms. The highest BCUT2D eigenvalue weighted by Crippen LogP contribution is 2.33. The Bertz CT molecular complexity index is 1080. The number of nitrogens with zero attached hydrogens (tertiary/aromatic N) is 2. The molecule has 2 aliphatic rings. The predicted molar refractivity (Wildman–Crippen MR) is 123 cm³/mol. The molecule has 1 N–H and O–H groups in total. The normalized spacial score (nSPS) is 18.2. The maximum Gasteiger partial charge on any atom is 0.265 e. The minimum atomic E-state index is -3.72. The molecule has 0 saturated carbocycles. The summed E-state index contributed by atoms with van der Waals surface area (Å²) in [6, 6.07) is 10.3. The fraction of sp³-hybridized carbons (Fsp3) is 0.435. The highest BCUT2D eigenvalue weighted by molar-refractivity contribution is 7.89. The van der Waals surface area contributed by atoms with Crippen molar-refractivity contribution in [3.8, 4) is 5.75 Å². The average molecular weight is 478 g/mol. The summed E-state index contributed by atoms with van der Waals surface area (Å²) in [5.41, 5.74) is 1.20. The number of benzene rings is 2. The molecule has 2 heterocycles. The van der Waals surface area contributed by atoms with Gasteiger partial charge in [0.2, 0.25) is 10.0 Å². The Hall–Kier alpha value is -2.69. The van der Waals surface area contributed by atoms with E-state index in [9.17, 15) is 17.6 Å². The molecule has 33 heavy (non-hydrogen) atoms. The van der Waals surface area contributed by atoms with Gasteiger partial charge < -0.3 is 19.7 Å². The van der Waals surface area contributed by atoms with Crippen molar-refractivity contribution in [2.45, 2.75) is 30.8 Å². The first-order valence-electron chi connectivity index (χ1n) is 11.0. The molecule has 0 aliphatic carbocycles. The van der Waals surface area contributed by atoms with Crippen LogP contribution >= 0.6 is 0 Å². The number of rotatable bonds is 7. The molecule has 4 rings (SSSR count). The molecule has 0 aromatic heterocycles. The average Bonchev–Trinajstić information content (AvgIpc) is 3.36. The first kappa shape index (κ1) is 23.5. The van der Waals surface area contributed by atoms with E-state index in [2.05, 4.69) is 10.2 Å². The SMILES string of the molecule is C[C@H](Oc1ccc(F)cc1)C(=O)Nc1cc(S(=O)(=O)N2CCOCC2)ccc1N1CCCC1. The Balaban J connectivity index is 1.58. The maximum atomic E-state index is 13.1. The van der Waals surface area contributed by atoms with Crippen molar-refractivity contribution in [3.05, 3.63) is 48.3 Å². The lowest BCUT2D eigenvalue weighted by Gasteiger charge is -2.27. The van der Waals surface area contributed by atoms with Crippen molar-refractivity contribution >= 4 is 27.3 Å². The molecular weight excluding hydrogens is 449 g/mol. The Kier molecular flexibility index (Phi) is 7.16. The van der Waals surface area contributed by atoms with Crippen molar-refractivity contribution in [1.82, 2.24) is 4.31 Å². The van der Waals surface area contributed by atoms with E-state index in [0.717, 1.165) is 31.6 Å². The van der Waals surface area contributed by atoms with Crippen LogP contribution in [0, 0.1) is 5.82 Å². The van der Waals surface area contributed by atoms with E-state index < -0.39 is 27.9 Å². The standard InChI is InChI=1S/C23H28FN3O5S/c1-17(32-19-6-4-18(24)5-7-19)23(28)25-21-16-20(8-9-22(21)26-10-2-3-11-26)33(29,30)27-12-14-31-15-13-27/h4-9,16-17H,2-3,10-15H2,1H3,(H,25,28)/t17-/m0/s1. The van der Waals surface area contributed by atoms with E-state index in [4.69, 9.17) is 9.47 Å². The first-order valence-corrected chi connectivity index (χ1v) is 12.5. The molecule has 2 aliphatic heterocycles. The minimum absolute atomic E-state index is 0.120. The summed E-state index contributed by atoms with van der Waals surface area (Å²) in [6.45, 7) is 4.55. The number of amides is 1. The van der Waals surface area contributed by atoms with Crippen LogP contribution in [0.4, 0.5) is 15.8 Å². The zero-order chi connectivity index (χ0) is 23.4. The minimum Gasteiger partial charge on any atom is -0.481 e. The number of halogens is 1. The van der Waals surface area contributed by atoms with Gasteiger partial charge in [-0.2, -0.15) is 4.31 Å². The van der Waals surface area contributed by atoms with Crippen LogP contribution < -0.4 is 15.0 Å². The Morgan fingerprint density at radius 1 is 1.06 bits per heavy atom. The summed E-state index contributed by atoms with van der Waals surface area (Å²) < 4.78 is 51.7. The third kappa shape index (κ3) is 5.45. The highest BCUT2D eigenvalue weighted by atomic mass is 32.2. The molecule has 1 amide bonds. The van der Waals surface area contributed by atoms with E-state index in [1.54, 1.807) is 19.1 Å². The molecule has 1 atom stereocenters. The molecule has 0 unspecified atom stereocenters. The molecule has 2 aromatic carbocycles. The van der Waals surface area contributed by atoms with E-state index in [1.165, 1.54) is 34.6 Å². The monoisotopic (exact) mass is 477 g/mol. The lowest BCUT2D eigenvalue weighted by atomic mass is 10.2. The second-order valence-corrected chi connectivity index (χ2v) is 10.0. The number of carbonyl (C=O) groups excluding carboxylic acids is 1.